The van der Waals surface area contributed by atoms with E-state index in [1.54, 1.807) is 0 Å². The van der Waals surface area contributed by atoms with Gasteiger partial charge in [0, 0.05) is 30.3 Å². The molecule has 0 aliphatic rings. The summed E-state index contributed by atoms with van der Waals surface area (Å²) in [7, 11) is 0. The van der Waals surface area contributed by atoms with E-state index in [4.69, 9.17) is 0 Å². The lowest BCUT2D eigenvalue weighted by Gasteiger charge is -2.12. The van der Waals surface area contributed by atoms with Crippen LogP contribution >= 0.6 is 0 Å². The highest BCUT2D eigenvalue weighted by atomic mass is 19.4. The first-order chi connectivity index (χ1) is 13.7. The molecule has 0 unspecified atom stereocenters. The fraction of sp³-hybridized carbons (Fsp3) is 0.222. The number of nitrogens with one attached hydrogen (secondary N) is 1. The van der Waals surface area contributed by atoms with Crippen molar-refractivity contribution in [2.45, 2.75) is 25.6 Å². The van der Waals surface area contributed by atoms with Crippen molar-refractivity contribution in [2.24, 2.45) is 0 Å². The Labute approximate surface area is 159 Å². The molecule has 3 aromatic heterocycles. The summed E-state index contributed by atoms with van der Waals surface area (Å²) in [5.74, 6) is -2.27. The number of hydrogen-bond donors (Lipinski definition) is 1. The third-order valence-corrected chi connectivity index (χ3v) is 4.42. The number of rotatable bonds is 4. The number of nitrogens with zero attached hydrogens (tertiary/aromatic N) is 4. The first kappa shape index (κ1) is 19.0. The Morgan fingerprint density at radius 3 is 2.62 bits per heavy atom. The molecule has 1 N–H and O–H groups in total. The number of halogens is 5. The van der Waals surface area contributed by atoms with E-state index >= 15 is 0 Å². The summed E-state index contributed by atoms with van der Waals surface area (Å²) < 4.78 is 67.2. The van der Waals surface area contributed by atoms with E-state index in [2.05, 4.69) is 19.9 Å². The standard InChI is InChI=1S/C18H12F5N5O/c19-11-2-1-10-9(7-13(29)27-15(10)14(11)20)8-28-12(3-4-18(21,22)23)26-16-17(28)25-6-5-24-16/h1-2,5-7H,3-4,8H2,(H,27,29). The van der Waals surface area contributed by atoms with Crippen LogP contribution in [0.3, 0.4) is 0 Å². The van der Waals surface area contributed by atoms with Gasteiger partial charge >= 0.3 is 6.18 Å². The number of fused-ring (bicyclic) bond motifs is 2. The lowest BCUT2D eigenvalue weighted by Crippen LogP contribution is -2.15. The zero-order chi connectivity index (χ0) is 20.8. The van der Waals surface area contributed by atoms with Crippen molar-refractivity contribution < 1.29 is 22.0 Å². The molecular formula is C18H12F5N5O. The minimum Gasteiger partial charge on any atom is -0.319 e. The van der Waals surface area contributed by atoms with Crippen molar-refractivity contribution in [3.63, 3.8) is 0 Å². The summed E-state index contributed by atoms with van der Waals surface area (Å²) in [5.41, 5.74) is -0.346. The molecule has 4 rings (SSSR count). The van der Waals surface area contributed by atoms with Crippen molar-refractivity contribution in [3.8, 4) is 0 Å². The number of alkyl halides is 3. The summed E-state index contributed by atoms with van der Waals surface area (Å²) >= 11 is 0. The quantitative estimate of drug-likeness (QED) is 0.524. The second-order valence-corrected chi connectivity index (χ2v) is 6.38. The van der Waals surface area contributed by atoms with E-state index in [1.807, 2.05) is 0 Å². The Morgan fingerprint density at radius 1 is 1.10 bits per heavy atom. The number of pyridine rings is 1. The van der Waals surface area contributed by atoms with Crippen LogP contribution in [-0.2, 0) is 13.0 Å². The summed E-state index contributed by atoms with van der Waals surface area (Å²) in [4.78, 5) is 26.4. The number of aromatic amines is 1. The fourth-order valence-corrected chi connectivity index (χ4v) is 3.14. The van der Waals surface area contributed by atoms with Crippen molar-refractivity contribution in [3.05, 3.63) is 64.0 Å². The zero-order valence-electron chi connectivity index (χ0n) is 14.6. The maximum Gasteiger partial charge on any atom is 0.389 e. The van der Waals surface area contributed by atoms with Gasteiger partial charge in [-0.2, -0.15) is 13.2 Å². The van der Waals surface area contributed by atoms with Crippen molar-refractivity contribution in [2.75, 3.05) is 0 Å². The molecule has 11 heteroatoms. The first-order valence-corrected chi connectivity index (χ1v) is 8.46. The smallest absolute Gasteiger partial charge is 0.319 e. The Kier molecular flexibility index (Phi) is 4.52. The first-order valence-electron chi connectivity index (χ1n) is 8.46. The predicted molar refractivity (Wildman–Crippen MR) is 93.3 cm³/mol. The number of benzene rings is 1. The molecule has 0 saturated carbocycles. The summed E-state index contributed by atoms with van der Waals surface area (Å²) in [6.07, 6.45) is -3.20. The van der Waals surface area contributed by atoms with Crippen LogP contribution in [0.4, 0.5) is 22.0 Å². The largest absolute Gasteiger partial charge is 0.389 e. The van der Waals surface area contributed by atoms with Crippen LogP contribution in [0.5, 0.6) is 0 Å². The molecule has 0 saturated heterocycles. The van der Waals surface area contributed by atoms with Crippen LogP contribution in [-0.4, -0.2) is 30.7 Å². The van der Waals surface area contributed by atoms with Gasteiger partial charge in [0.1, 0.15) is 5.82 Å². The number of aryl methyl sites for hydroxylation is 1. The van der Waals surface area contributed by atoms with Crippen molar-refractivity contribution >= 4 is 22.2 Å². The van der Waals surface area contributed by atoms with Crippen LogP contribution in [0, 0.1) is 11.6 Å². The summed E-state index contributed by atoms with van der Waals surface area (Å²) in [6, 6.07) is 3.38. The maximum atomic E-state index is 14.1. The maximum absolute atomic E-state index is 14.1. The van der Waals surface area contributed by atoms with E-state index in [1.165, 1.54) is 29.1 Å². The van der Waals surface area contributed by atoms with Crippen molar-refractivity contribution in [1.29, 1.82) is 0 Å². The van der Waals surface area contributed by atoms with E-state index < -0.39 is 36.2 Å². The SMILES string of the molecule is O=c1cc(Cn2c(CCC(F)(F)F)nc3nccnc32)c2ccc(F)c(F)c2[nH]1. The van der Waals surface area contributed by atoms with Gasteiger partial charge in [0.15, 0.2) is 22.9 Å². The van der Waals surface area contributed by atoms with Gasteiger partial charge in [0.05, 0.1) is 18.5 Å². The third-order valence-electron chi connectivity index (χ3n) is 4.42. The fourth-order valence-electron chi connectivity index (χ4n) is 3.14. The second-order valence-electron chi connectivity index (χ2n) is 6.38. The van der Waals surface area contributed by atoms with Gasteiger partial charge in [-0.1, -0.05) is 0 Å². The van der Waals surface area contributed by atoms with Crippen LogP contribution < -0.4 is 5.56 Å². The van der Waals surface area contributed by atoms with Gasteiger partial charge in [-0.3, -0.25) is 4.79 Å². The minimum absolute atomic E-state index is 0.0690. The average Bonchev–Trinajstić information content (AvgIpc) is 3.00. The van der Waals surface area contributed by atoms with Gasteiger partial charge < -0.3 is 9.55 Å². The normalized spacial score (nSPS) is 12.2. The molecular weight excluding hydrogens is 397 g/mol. The number of H-pyrrole nitrogens is 1. The third kappa shape index (κ3) is 3.67. The molecule has 6 nitrogen and oxygen atoms in total. The van der Waals surface area contributed by atoms with Crippen LogP contribution in [0.1, 0.15) is 17.8 Å². The molecule has 0 atom stereocenters. The highest BCUT2D eigenvalue weighted by Crippen LogP contribution is 2.25. The Morgan fingerprint density at radius 2 is 1.86 bits per heavy atom. The molecule has 0 fully saturated rings. The van der Waals surface area contributed by atoms with Crippen LogP contribution in [0.2, 0.25) is 0 Å². The molecule has 150 valence electrons. The molecule has 29 heavy (non-hydrogen) atoms. The minimum atomic E-state index is -4.39. The lowest BCUT2D eigenvalue weighted by molar-refractivity contribution is -0.134. The van der Waals surface area contributed by atoms with Gasteiger partial charge in [0.25, 0.3) is 0 Å². The van der Waals surface area contributed by atoms with Crippen LogP contribution in [0.25, 0.3) is 22.2 Å². The molecule has 4 aromatic rings. The van der Waals surface area contributed by atoms with E-state index in [-0.39, 0.29) is 40.1 Å². The number of imidazole rings is 1. The van der Waals surface area contributed by atoms with Gasteiger partial charge in [0.2, 0.25) is 5.56 Å². The summed E-state index contributed by atoms with van der Waals surface area (Å²) in [6.45, 7) is -0.117. The van der Waals surface area contributed by atoms with Crippen LogP contribution in [0.15, 0.2) is 35.4 Å². The Balaban J connectivity index is 1.86. The van der Waals surface area contributed by atoms with Gasteiger partial charge in [-0.15, -0.1) is 0 Å². The highest BCUT2D eigenvalue weighted by molar-refractivity contribution is 5.82. The molecule has 0 radical (unpaired) electrons. The molecule has 0 spiro atoms. The van der Waals surface area contributed by atoms with Crippen molar-refractivity contribution in [1.82, 2.24) is 24.5 Å². The molecule has 3 heterocycles. The average molecular weight is 409 g/mol. The molecule has 0 aliphatic heterocycles. The number of hydrogen-bond acceptors (Lipinski definition) is 4. The molecule has 0 aliphatic carbocycles. The Bertz CT molecular complexity index is 1280. The van der Waals surface area contributed by atoms with E-state index in [0.29, 0.717) is 0 Å². The lowest BCUT2D eigenvalue weighted by atomic mass is 10.1. The Hall–Kier alpha value is -3.37. The summed E-state index contributed by atoms with van der Waals surface area (Å²) in [5, 5.41) is 0.219. The van der Waals surface area contributed by atoms with Gasteiger partial charge in [-0.25, -0.2) is 23.7 Å². The zero-order valence-corrected chi connectivity index (χ0v) is 14.6. The second kappa shape index (κ2) is 6.90. The van der Waals surface area contributed by atoms with E-state index in [0.717, 1.165) is 6.07 Å². The molecule has 1 aromatic carbocycles. The highest BCUT2D eigenvalue weighted by Gasteiger charge is 2.28. The topological polar surface area (TPSA) is 76.5 Å². The molecule has 0 amide bonds. The van der Waals surface area contributed by atoms with E-state index in [9.17, 15) is 26.7 Å². The van der Waals surface area contributed by atoms with Gasteiger partial charge in [-0.05, 0) is 17.7 Å². The molecule has 0 bridgehead atoms. The monoisotopic (exact) mass is 409 g/mol. The number of aromatic nitrogens is 5. The predicted octanol–water partition coefficient (Wildman–Crippen LogP) is 3.49.